The van der Waals surface area contributed by atoms with Gasteiger partial charge in [-0.1, -0.05) is 15.9 Å². The molecule has 3 nitrogen and oxygen atoms in total. The summed E-state index contributed by atoms with van der Waals surface area (Å²) in [6.45, 7) is 1.84. The highest BCUT2D eigenvalue weighted by molar-refractivity contribution is 9.10. The first-order chi connectivity index (χ1) is 9.43. The molecule has 0 fully saturated rings. The molecule has 0 saturated carbocycles. The van der Waals surface area contributed by atoms with E-state index in [9.17, 15) is 4.79 Å². The fraction of sp³-hybridized carbons (Fsp3) is 0.133. The molecule has 104 valence electrons. The van der Waals surface area contributed by atoms with E-state index in [1.54, 1.807) is 37.4 Å². The number of ketones is 1. The number of rotatable bonds is 3. The first-order valence-electron chi connectivity index (χ1n) is 5.88. The summed E-state index contributed by atoms with van der Waals surface area (Å²) in [5.74, 6) is 0.617. The molecule has 2 aromatic carbocycles. The van der Waals surface area contributed by atoms with Gasteiger partial charge in [-0.15, -0.1) is 0 Å². The number of hydrogen-bond donors (Lipinski definition) is 1. The minimum atomic E-state index is -0.0705. The number of hydrogen-bond acceptors (Lipinski definition) is 3. The number of nitrogens with two attached hydrogens (primary N) is 1. The van der Waals surface area contributed by atoms with Gasteiger partial charge in [-0.25, -0.2) is 0 Å². The zero-order valence-corrected chi connectivity index (χ0v) is 14.2. The van der Waals surface area contributed by atoms with Crippen molar-refractivity contribution in [1.82, 2.24) is 0 Å². The lowest BCUT2D eigenvalue weighted by molar-refractivity contribution is 0.103. The van der Waals surface area contributed by atoms with Crippen LogP contribution in [0.3, 0.4) is 0 Å². The summed E-state index contributed by atoms with van der Waals surface area (Å²) in [7, 11) is 1.58. The smallest absolute Gasteiger partial charge is 0.193 e. The average molecular weight is 399 g/mol. The van der Waals surface area contributed by atoms with Gasteiger partial charge >= 0.3 is 0 Å². The van der Waals surface area contributed by atoms with Crippen molar-refractivity contribution in [2.45, 2.75) is 6.92 Å². The van der Waals surface area contributed by atoms with Gasteiger partial charge in [-0.2, -0.15) is 0 Å². The standard InChI is InChI=1S/C15H13Br2NO2/c1-8-11(6-10(16)7-13(8)18)15(19)9-3-4-14(20-2)12(17)5-9/h3-7H,18H2,1-2H3. The average Bonchev–Trinajstić information content (AvgIpc) is 2.42. The predicted octanol–water partition coefficient (Wildman–Crippen LogP) is 4.34. The number of benzene rings is 2. The maximum atomic E-state index is 12.6. The molecule has 2 rings (SSSR count). The lowest BCUT2D eigenvalue weighted by atomic mass is 9.98. The Hall–Kier alpha value is -1.33. The fourth-order valence-corrected chi connectivity index (χ4v) is 2.92. The van der Waals surface area contributed by atoms with Gasteiger partial charge in [0.05, 0.1) is 11.6 Å². The molecular formula is C15H13Br2NO2. The molecule has 0 atom stereocenters. The maximum absolute atomic E-state index is 12.6. The number of halogens is 2. The van der Waals surface area contributed by atoms with Crippen LogP contribution in [-0.2, 0) is 0 Å². The van der Waals surface area contributed by atoms with Crippen molar-refractivity contribution in [3.8, 4) is 5.75 Å². The highest BCUT2D eigenvalue weighted by atomic mass is 79.9. The van der Waals surface area contributed by atoms with Crippen molar-refractivity contribution in [2.75, 3.05) is 12.8 Å². The van der Waals surface area contributed by atoms with Crippen LogP contribution >= 0.6 is 31.9 Å². The molecule has 0 spiro atoms. The summed E-state index contributed by atoms with van der Waals surface area (Å²) in [6.07, 6.45) is 0. The Morgan fingerprint density at radius 1 is 1.20 bits per heavy atom. The molecule has 2 N–H and O–H groups in total. The van der Waals surface area contributed by atoms with E-state index in [0.29, 0.717) is 22.6 Å². The Labute approximate surface area is 134 Å². The van der Waals surface area contributed by atoms with Gasteiger partial charge in [0.25, 0.3) is 0 Å². The molecule has 0 unspecified atom stereocenters. The van der Waals surface area contributed by atoms with E-state index in [0.717, 1.165) is 14.5 Å². The molecule has 0 radical (unpaired) electrons. The highest BCUT2D eigenvalue weighted by Crippen LogP contribution is 2.29. The molecule has 0 aliphatic carbocycles. The van der Waals surface area contributed by atoms with Crippen molar-refractivity contribution in [3.05, 3.63) is 56.0 Å². The van der Waals surface area contributed by atoms with E-state index in [1.807, 2.05) is 6.92 Å². The van der Waals surface area contributed by atoms with Crippen LogP contribution < -0.4 is 10.5 Å². The number of anilines is 1. The fourth-order valence-electron chi connectivity index (χ4n) is 1.90. The second-order valence-corrected chi connectivity index (χ2v) is 6.12. The summed E-state index contributed by atoms with van der Waals surface area (Å²) < 4.78 is 6.69. The SMILES string of the molecule is COc1ccc(C(=O)c2cc(Br)cc(N)c2C)cc1Br. The normalized spacial score (nSPS) is 10.4. The van der Waals surface area contributed by atoms with E-state index in [2.05, 4.69) is 31.9 Å². The summed E-state index contributed by atoms with van der Waals surface area (Å²) in [6, 6.07) is 8.82. The Balaban J connectivity index is 2.49. The van der Waals surface area contributed by atoms with E-state index >= 15 is 0 Å². The lowest BCUT2D eigenvalue weighted by Crippen LogP contribution is -2.06. The Kier molecular flexibility index (Phi) is 4.50. The topological polar surface area (TPSA) is 52.3 Å². The van der Waals surface area contributed by atoms with Crippen LogP contribution in [0.1, 0.15) is 21.5 Å². The number of carbonyl (C=O) groups excluding carboxylic acids is 1. The van der Waals surface area contributed by atoms with Crippen LogP contribution in [0.5, 0.6) is 5.75 Å². The quantitative estimate of drug-likeness (QED) is 0.617. The summed E-state index contributed by atoms with van der Waals surface area (Å²) in [5.41, 5.74) is 8.45. The number of nitrogen functional groups attached to an aromatic ring is 1. The van der Waals surface area contributed by atoms with Crippen LogP contribution in [-0.4, -0.2) is 12.9 Å². The van der Waals surface area contributed by atoms with Crippen molar-refractivity contribution >= 4 is 43.3 Å². The van der Waals surface area contributed by atoms with Gasteiger partial charge in [-0.3, -0.25) is 4.79 Å². The summed E-state index contributed by atoms with van der Waals surface area (Å²) in [5, 5.41) is 0. The maximum Gasteiger partial charge on any atom is 0.193 e. The minimum absolute atomic E-state index is 0.0705. The van der Waals surface area contributed by atoms with Gasteiger partial charge in [0, 0.05) is 21.3 Å². The zero-order valence-electron chi connectivity index (χ0n) is 11.0. The number of ether oxygens (including phenoxy) is 1. The van der Waals surface area contributed by atoms with E-state index in [-0.39, 0.29) is 5.78 Å². The van der Waals surface area contributed by atoms with Crippen LogP contribution in [0.4, 0.5) is 5.69 Å². The molecular weight excluding hydrogens is 386 g/mol. The molecule has 2 aromatic rings. The molecule has 0 bridgehead atoms. The summed E-state index contributed by atoms with van der Waals surface area (Å²) in [4.78, 5) is 12.6. The van der Waals surface area contributed by atoms with Gasteiger partial charge in [-0.05, 0) is 58.7 Å². The largest absolute Gasteiger partial charge is 0.496 e. The second-order valence-electron chi connectivity index (χ2n) is 4.35. The van der Waals surface area contributed by atoms with Gasteiger partial charge < -0.3 is 10.5 Å². The molecule has 0 amide bonds. The van der Waals surface area contributed by atoms with Crippen LogP contribution in [0.25, 0.3) is 0 Å². The molecule has 0 aromatic heterocycles. The van der Waals surface area contributed by atoms with E-state index in [4.69, 9.17) is 10.5 Å². The second kappa shape index (κ2) is 5.97. The Morgan fingerprint density at radius 3 is 2.50 bits per heavy atom. The Bertz CT molecular complexity index is 684. The predicted molar refractivity (Wildman–Crippen MR) is 87.4 cm³/mol. The van der Waals surface area contributed by atoms with Crippen molar-refractivity contribution in [1.29, 1.82) is 0 Å². The number of methoxy groups -OCH3 is 1. The molecule has 0 saturated heterocycles. The number of carbonyl (C=O) groups is 1. The third-order valence-corrected chi connectivity index (χ3v) is 4.15. The highest BCUT2D eigenvalue weighted by Gasteiger charge is 2.15. The molecule has 5 heteroatoms. The van der Waals surface area contributed by atoms with Crippen LogP contribution in [0.2, 0.25) is 0 Å². The minimum Gasteiger partial charge on any atom is -0.496 e. The Morgan fingerprint density at radius 2 is 1.90 bits per heavy atom. The first kappa shape index (κ1) is 15.1. The zero-order chi connectivity index (χ0) is 14.9. The summed E-state index contributed by atoms with van der Waals surface area (Å²) >= 11 is 6.75. The van der Waals surface area contributed by atoms with E-state index < -0.39 is 0 Å². The van der Waals surface area contributed by atoms with Gasteiger partial charge in [0.1, 0.15) is 5.75 Å². The van der Waals surface area contributed by atoms with Crippen molar-refractivity contribution < 1.29 is 9.53 Å². The van der Waals surface area contributed by atoms with Crippen molar-refractivity contribution in [2.24, 2.45) is 0 Å². The molecule has 0 aliphatic heterocycles. The van der Waals surface area contributed by atoms with Crippen LogP contribution in [0, 0.1) is 6.92 Å². The molecule has 20 heavy (non-hydrogen) atoms. The lowest BCUT2D eigenvalue weighted by Gasteiger charge is -2.10. The first-order valence-corrected chi connectivity index (χ1v) is 7.46. The third kappa shape index (κ3) is 2.88. The molecule has 0 aliphatic rings. The van der Waals surface area contributed by atoms with Crippen molar-refractivity contribution in [3.63, 3.8) is 0 Å². The van der Waals surface area contributed by atoms with E-state index in [1.165, 1.54) is 0 Å². The monoisotopic (exact) mass is 397 g/mol. The molecule has 0 heterocycles. The third-order valence-electron chi connectivity index (χ3n) is 3.07. The van der Waals surface area contributed by atoms with Gasteiger partial charge in [0.2, 0.25) is 0 Å². The van der Waals surface area contributed by atoms with Crippen LogP contribution in [0.15, 0.2) is 39.3 Å². The van der Waals surface area contributed by atoms with Gasteiger partial charge in [0.15, 0.2) is 5.78 Å².